The van der Waals surface area contributed by atoms with Gasteiger partial charge in [0.15, 0.2) is 0 Å². The van der Waals surface area contributed by atoms with Crippen molar-refractivity contribution in [3.05, 3.63) is 0 Å². The van der Waals surface area contributed by atoms with Gasteiger partial charge in [-0.2, -0.15) is 12.6 Å². The number of hydrogen-bond donors (Lipinski definition) is 3. The minimum Gasteiger partial charge on any atom is -0.354 e. The maximum Gasteiger partial charge on any atom is 0.243 e. The zero-order valence-electron chi connectivity index (χ0n) is 11.2. The first-order valence-corrected chi connectivity index (χ1v) is 10.3. The first kappa shape index (κ1) is 16.5. The third-order valence-corrected chi connectivity index (χ3v) is 4.50. The first-order valence-electron chi connectivity index (χ1n) is 5.92. The summed E-state index contributed by atoms with van der Waals surface area (Å²) >= 11 is 4.05. The Balaban J connectivity index is 3.87. The van der Waals surface area contributed by atoms with Gasteiger partial charge in [0.25, 0.3) is 0 Å². The minimum atomic E-state index is -1.03. The number of thiol groups is 1. The smallest absolute Gasteiger partial charge is 0.243 e. The van der Waals surface area contributed by atoms with Gasteiger partial charge in [0.05, 0.1) is 0 Å². The monoisotopic (exact) mass is 276 g/mol. The van der Waals surface area contributed by atoms with Crippen LogP contribution in [-0.4, -0.2) is 38.2 Å². The molecule has 1 atom stereocenters. The molecule has 0 spiro atoms. The van der Waals surface area contributed by atoms with E-state index >= 15 is 0 Å². The van der Waals surface area contributed by atoms with Crippen molar-refractivity contribution in [1.29, 1.82) is 0 Å². The van der Waals surface area contributed by atoms with Crippen molar-refractivity contribution in [3.8, 4) is 0 Å². The van der Waals surface area contributed by atoms with Gasteiger partial charge in [0, 0.05) is 27.3 Å². The topological polar surface area (TPSA) is 58.2 Å². The van der Waals surface area contributed by atoms with E-state index in [-0.39, 0.29) is 11.8 Å². The Morgan fingerprint density at radius 1 is 1.29 bits per heavy atom. The number of amides is 2. The van der Waals surface area contributed by atoms with Gasteiger partial charge in [-0.1, -0.05) is 25.7 Å². The number of rotatable bonds is 7. The normalized spacial score (nSPS) is 13.0. The van der Waals surface area contributed by atoms with E-state index < -0.39 is 14.1 Å². The predicted molar refractivity (Wildman–Crippen MR) is 77.2 cm³/mol. The highest BCUT2D eigenvalue weighted by Crippen LogP contribution is 2.09. The Kier molecular flexibility index (Phi) is 7.54. The molecule has 0 rings (SSSR count). The maximum atomic E-state index is 11.7. The van der Waals surface area contributed by atoms with Crippen molar-refractivity contribution in [3.63, 3.8) is 0 Å². The van der Waals surface area contributed by atoms with Gasteiger partial charge < -0.3 is 10.6 Å². The summed E-state index contributed by atoms with van der Waals surface area (Å²) in [6, 6.07) is 0.668. The molecule has 6 heteroatoms. The van der Waals surface area contributed by atoms with E-state index in [9.17, 15) is 9.59 Å². The van der Waals surface area contributed by atoms with Gasteiger partial charge in [0.1, 0.15) is 6.04 Å². The number of carbonyl (C=O) groups excluding carboxylic acids is 2. The zero-order chi connectivity index (χ0) is 13.5. The summed E-state index contributed by atoms with van der Waals surface area (Å²) in [6.45, 7) is 9.00. The van der Waals surface area contributed by atoms with E-state index in [1.807, 2.05) is 0 Å². The Bertz CT molecular complexity index is 267. The van der Waals surface area contributed by atoms with E-state index in [2.05, 4.69) is 42.9 Å². The lowest BCUT2D eigenvalue weighted by atomic mass is 10.3. The SMILES string of the molecule is CC(=O)NC(CS)C(=O)NCCC[Si](C)(C)C. The molecular formula is C11H24N2O2SSi. The lowest BCUT2D eigenvalue weighted by molar-refractivity contribution is -0.127. The lowest BCUT2D eigenvalue weighted by Gasteiger charge is -2.17. The van der Waals surface area contributed by atoms with Gasteiger partial charge in [0.2, 0.25) is 11.8 Å². The van der Waals surface area contributed by atoms with Crippen molar-refractivity contribution >= 4 is 32.5 Å². The molecule has 0 fully saturated rings. The zero-order valence-corrected chi connectivity index (χ0v) is 13.1. The van der Waals surface area contributed by atoms with Crippen LogP contribution in [0.25, 0.3) is 0 Å². The van der Waals surface area contributed by atoms with Crippen LogP contribution in [0.5, 0.6) is 0 Å². The summed E-state index contributed by atoms with van der Waals surface area (Å²) in [5.74, 6) is -0.0357. The molecule has 0 aliphatic rings. The average Bonchev–Trinajstić information content (AvgIpc) is 2.19. The van der Waals surface area contributed by atoms with Crippen molar-refractivity contribution in [1.82, 2.24) is 10.6 Å². The highest BCUT2D eigenvalue weighted by atomic mass is 32.1. The van der Waals surface area contributed by atoms with Crippen LogP contribution in [0, 0.1) is 0 Å². The second-order valence-corrected chi connectivity index (χ2v) is 11.4. The quantitative estimate of drug-likeness (QED) is 0.372. The van der Waals surface area contributed by atoms with Gasteiger partial charge in [-0.15, -0.1) is 0 Å². The molecule has 0 heterocycles. The van der Waals surface area contributed by atoms with Gasteiger partial charge in [-0.3, -0.25) is 9.59 Å². The predicted octanol–water partition coefficient (Wildman–Crippen LogP) is 1.27. The molecule has 0 saturated carbocycles. The van der Waals surface area contributed by atoms with E-state index in [0.717, 1.165) is 6.42 Å². The fourth-order valence-electron chi connectivity index (χ4n) is 1.39. The second kappa shape index (κ2) is 7.76. The number of hydrogen-bond acceptors (Lipinski definition) is 3. The van der Waals surface area contributed by atoms with Crippen LogP contribution >= 0.6 is 12.6 Å². The van der Waals surface area contributed by atoms with Crippen LogP contribution in [0.3, 0.4) is 0 Å². The van der Waals surface area contributed by atoms with Crippen molar-refractivity contribution in [2.45, 2.75) is 45.1 Å². The molecule has 4 nitrogen and oxygen atoms in total. The van der Waals surface area contributed by atoms with Crippen molar-refractivity contribution in [2.24, 2.45) is 0 Å². The van der Waals surface area contributed by atoms with E-state index in [0.29, 0.717) is 12.3 Å². The van der Waals surface area contributed by atoms with Crippen molar-refractivity contribution in [2.75, 3.05) is 12.3 Å². The Morgan fingerprint density at radius 2 is 1.88 bits per heavy atom. The Morgan fingerprint density at radius 3 is 2.29 bits per heavy atom. The molecule has 1 unspecified atom stereocenters. The molecule has 0 aromatic rings. The summed E-state index contributed by atoms with van der Waals surface area (Å²) in [5, 5.41) is 5.40. The molecule has 2 N–H and O–H groups in total. The second-order valence-electron chi connectivity index (χ2n) is 5.39. The molecule has 0 bridgehead atoms. The molecule has 0 saturated heterocycles. The van der Waals surface area contributed by atoms with E-state index in [1.54, 1.807) is 0 Å². The van der Waals surface area contributed by atoms with Gasteiger partial charge >= 0.3 is 0 Å². The standard InChI is InChI=1S/C11H24N2O2SSi/c1-9(14)13-10(8-16)11(15)12-6-5-7-17(2,3)4/h10,16H,5-8H2,1-4H3,(H,12,15)(H,13,14). The molecule has 17 heavy (non-hydrogen) atoms. The Hall–Kier alpha value is -0.493. The molecular weight excluding hydrogens is 252 g/mol. The minimum absolute atomic E-state index is 0.147. The molecule has 0 aromatic heterocycles. The molecule has 100 valence electrons. The van der Waals surface area contributed by atoms with Crippen LogP contribution in [-0.2, 0) is 9.59 Å². The van der Waals surface area contributed by atoms with Crippen LogP contribution in [0.15, 0.2) is 0 Å². The van der Waals surface area contributed by atoms with Crippen LogP contribution in [0.4, 0.5) is 0 Å². The Labute approximate surface area is 110 Å². The van der Waals surface area contributed by atoms with Crippen LogP contribution in [0.2, 0.25) is 25.7 Å². The van der Waals surface area contributed by atoms with E-state index in [1.165, 1.54) is 13.0 Å². The average molecular weight is 276 g/mol. The number of nitrogens with one attached hydrogen (secondary N) is 2. The molecule has 2 amide bonds. The van der Waals surface area contributed by atoms with Gasteiger partial charge in [-0.05, 0) is 6.42 Å². The van der Waals surface area contributed by atoms with Crippen molar-refractivity contribution < 1.29 is 9.59 Å². The lowest BCUT2D eigenvalue weighted by Crippen LogP contribution is -2.47. The molecule has 0 aliphatic carbocycles. The first-order chi connectivity index (χ1) is 7.76. The van der Waals surface area contributed by atoms with Crippen LogP contribution < -0.4 is 10.6 Å². The largest absolute Gasteiger partial charge is 0.354 e. The third kappa shape index (κ3) is 9.23. The fraction of sp³-hybridized carbons (Fsp3) is 0.818. The fourth-order valence-corrected chi connectivity index (χ4v) is 2.89. The summed E-state index contributed by atoms with van der Waals surface area (Å²) in [7, 11) is -1.03. The van der Waals surface area contributed by atoms with Gasteiger partial charge in [-0.25, -0.2) is 0 Å². The molecule has 0 radical (unpaired) electrons. The van der Waals surface area contributed by atoms with E-state index in [4.69, 9.17) is 0 Å². The third-order valence-electron chi connectivity index (χ3n) is 2.28. The highest BCUT2D eigenvalue weighted by Gasteiger charge is 2.17. The maximum absolute atomic E-state index is 11.7. The number of carbonyl (C=O) groups is 2. The summed E-state index contributed by atoms with van der Waals surface area (Å²) in [6.07, 6.45) is 1.00. The summed E-state index contributed by atoms with van der Waals surface area (Å²) in [4.78, 5) is 22.5. The van der Waals surface area contributed by atoms with Crippen LogP contribution in [0.1, 0.15) is 13.3 Å². The summed E-state index contributed by atoms with van der Waals surface area (Å²) < 4.78 is 0. The summed E-state index contributed by atoms with van der Waals surface area (Å²) in [5.41, 5.74) is 0. The molecule has 0 aromatic carbocycles. The molecule has 0 aliphatic heterocycles. The highest BCUT2D eigenvalue weighted by molar-refractivity contribution is 7.80.